The maximum atomic E-state index is 14.2. The van der Waals surface area contributed by atoms with Crippen molar-refractivity contribution in [2.24, 2.45) is 0 Å². The van der Waals surface area contributed by atoms with E-state index >= 15 is 0 Å². The van der Waals surface area contributed by atoms with Crippen LogP contribution in [0.1, 0.15) is 24.4 Å². The summed E-state index contributed by atoms with van der Waals surface area (Å²) in [6, 6.07) is 10.4. The molecule has 2 atom stereocenters. The van der Waals surface area contributed by atoms with Crippen LogP contribution in [0.4, 0.5) is 33.1 Å². The number of nitrogens with one attached hydrogen (secondary N) is 2. The van der Waals surface area contributed by atoms with Crippen LogP contribution in [0.5, 0.6) is 5.75 Å². The minimum atomic E-state index is -0.485. The maximum absolute atomic E-state index is 14.2. The smallest absolute Gasteiger partial charge is 0.247 e. The lowest BCUT2D eigenvalue weighted by molar-refractivity contribution is -0.111. The van der Waals surface area contributed by atoms with E-state index in [0.29, 0.717) is 47.8 Å². The van der Waals surface area contributed by atoms with Crippen LogP contribution in [0.2, 0.25) is 5.02 Å². The van der Waals surface area contributed by atoms with E-state index in [1.807, 2.05) is 12.1 Å². The Morgan fingerprint density at radius 1 is 1.11 bits per heavy atom. The predicted molar refractivity (Wildman–Crippen MR) is 167 cm³/mol. The second kappa shape index (κ2) is 13.3. The van der Waals surface area contributed by atoms with Gasteiger partial charge in [-0.25, -0.2) is 19.4 Å². The van der Waals surface area contributed by atoms with Crippen molar-refractivity contribution in [1.29, 1.82) is 0 Å². The zero-order chi connectivity index (χ0) is 30.6. The minimum absolute atomic E-state index is 0.0676. The first kappa shape index (κ1) is 30.1. The summed E-state index contributed by atoms with van der Waals surface area (Å²) in [5.41, 5.74) is 2.83. The molecule has 11 nitrogen and oxygen atoms in total. The molecule has 3 aliphatic heterocycles. The van der Waals surface area contributed by atoms with E-state index in [1.54, 1.807) is 30.4 Å². The molecule has 2 aromatic carbocycles. The third-order valence-electron chi connectivity index (χ3n) is 8.20. The summed E-state index contributed by atoms with van der Waals surface area (Å²) in [7, 11) is 1.60. The molecular formula is C31H35ClFN7O4. The summed E-state index contributed by atoms with van der Waals surface area (Å²) in [5.74, 6) is 0.765. The van der Waals surface area contributed by atoms with Gasteiger partial charge in [-0.3, -0.25) is 14.5 Å². The molecule has 44 heavy (non-hydrogen) atoms. The summed E-state index contributed by atoms with van der Waals surface area (Å²) >= 11 is 5.90. The van der Waals surface area contributed by atoms with Crippen LogP contribution in [-0.2, 0) is 14.4 Å². The van der Waals surface area contributed by atoms with Gasteiger partial charge in [0, 0.05) is 50.8 Å². The minimum Gasteiger partial charge on any atom is -0.494 e. The third kappa shape index (κ3) is 6.43. The summed E-state index contributed by atoms with van der Waals surface area (Å²) in [6.07, 6.45) is 4.34. The molecule has 13 heteroatoms. The molecule has 1 aromatic heterocycles. The molecule has 0 spiro atoms. The summed E-state index contributed by atoms with van der Waals surface area (Å²) in [4.78, 5) is 31.9. The number of hydrogen-bond acceptors (Lipinski definition) is 10. The number of rotatable bonds is 9. The van der Waals surface area contributed by atoms with E-state index in [4.69, 9.17) is 25.9 Å². The van der Waals surface area contributed by atoms with Crippen molar-refractivity contribution >= 4 is 46.2 Å². The molecule has 0 unspecified atom stereocenters. The SMILES string of the molecule is C=CC(=O)Nc1cc(Nc2cc(N3OCC[C@@H]3c3ccc(Cl)c(F)c3)ncn2)c(OC)cc1N1CC[C@@H](N2CCOCC2)C1. The largest absolute Gasteiger partial charge is 0.494 e. The molecule has 0 saturated carbocycles. The first-order valence-electron chi connectivity index (χ1n) is 14.6. The maximum Gasteiger partial charge on any atom is 0.247 e. The van der Waals surface area contributed by atoms with Gasteiger partial charge in [-0.2, -0.15) is 0 Å². The highest BCUT2D eigenvalue weighted by molar-refractivity contribution is 6.30. The Morgan fingerprint density at radius 3 is 2.73 bits per heavy atom. The van der Waals surface area contributed by atoms with E-state index in [9.17, 15) is 9.18 Å². The van der Waals surface area contributed by atoms with Gasteiger partial charge in [0.05, 0.1) is 55.1 Å². The molecule has 3 aliphatic rings. The van der Waals surface area contributed by atoms with Gasteiger partial charge in [-0.1, -0.05) is 24.2 Å². The molecule has 2 N–H and O–H groups in total. The lowest BCUT2D eigenvalue weighted by atomic mass is 10.0. The zero-order valence-corrected chi connectivity index (χ0v) is 25.2. The number of hydroxylamine groups is 1. The van der Waals surface area contributed by atoms with Gasteiger partial charge in [0.15, 0.2) is 5.82 Å². The van der Waals surface area contributed by atoms with Gasteiger partial charge in [0.1, 0.15) is 23.7 Å². The monoisotopic (exact) mass is 623 g/mol. The first-order chi connectivity index (χ1) is 21.4. The molecule has 1 amide bonds. The van der Waals surface area contributed by atoms with Crippen molar-refractivity contribution in [3.63, 3.8) is 0 Å². The number of hydrogen-bond donors (Lipinski definition) is 2. The van der Waals surface area contributed by atoms with Gasteiger partial charge in [0.2, 0.25) is 5.91 Å². The molecule has 6 rings (SSSR count). The van der Waals surface area contributed by atoms with E-state index in [2.05, 4.69) is 37.0 Å². The fraction of sp³-hybridized carbons (Fsp3) is 0.387. The van der Waals surface area contributed by atoms with Crippen LogP contribution in [-0.4, -0.2) is 79.9 Å². The standard InChI is InChI=1S/C31H35ClFN7O4/c1-3-31(41)37-24-15-25(28(42-2)16-27(24)39-8-6-21(18-39)38-9-12-43-13-10-38)36-29-17-30(35-19-34-29)40-26(7-11-44-40)20-4-5-22(32)23(33)14-20/h3-5,14-17,19,21,26H,1,6-13,18H2,2H3,(H,37,41)(H,34,35,36)/t21-,26-/m1/s1. The number of aromatic nitrogens is 2. The number of ether oxygens (including phenoxy) is 2. The quantitative estimate of drug-likeness (QED) is 0.319. The predicted octanol–water partition coefficient (Wildman–Crippen LogP) is 4.94. The van der Waals surface area contributed by atoms with Gasteiger partial charge in [-0.05, 0) is 36.3 Å². The Balaban J connectivity index is 1.26. The average molecular weight is 624 g/mol. The number of morpholine rings is 1. The summed E-state index contributed by atoms with van der Waals surface area (Å²) < 4.78 is 25.6. The van der Waals surface area contributed by atoms with Crippen LogP contribution < -0.4 is 25.3 Å². The van der Waals surface area contributed by atoms with Gasteiger partial charge < -0.3 is 25.0 Å². The van der Waals surface area contributed by atoms with Crippen LogP contribution in [0.3, 0.4) is 0 Å². The molecule has 3 aromatic rings. The Morgan fingerprint density at radius 2 is 1.95 bits per heavy atom. The first-order valence-corrected chi connectivity index (χ1v) is 15.0. The molecule has 0 radical (unpaired) electrons. The van der Waals surface area contributed by atoms with Crippen molar-refractivity contribution < 1.29 is 23.5 Å². The molecule has 3 saturated heterocycles. The van der Waals surface area contributed by atoms with Crippen molar-refractivity contribution in [2.75, 3.05) is 73.7 Å². The van der Waals surface area contributed by atoms with E-state index in [1.165, 1.54) is 18.5 Å². The molecule has 0 bridgehead atoms. The molecule has 0 aliphatic carbocycles. The zero-order valence-electron chi connectivity index (χ0n) is 24.5. The Hall–Kier alpha value is -3.97. The second-order valence-corrected chi connectivity index (χ2v) is 11.2. The fourth-order valence-electron chi connectivity index (χ4n) is 5.97. The topological polar surface area (TPSA) is 104 Å². The normalized spacial score (nSPS) is 20.5. The van der Waals surface area contributed by atoms with Gasteiger partial charge in [0.25, 0.3) is 0 Å². The highest BCUT2D eigenvalue weighted by Gasteiger charge is 2.32. The molecule has 3 fully saturated rings. The van der Waals surface area contributed by atoms with Crippen molar-refractivity contribution in [2.45, 2.75) is 24.9 Å². The Bertz CT molecular complexity index is 1520. The number of nitrogens with zero attached hydrogens (tertiary/aromatic N) is 5. The van der Waals surface area contributed by atoms with E-state index < -0.39 is 5.82 Å². The second-order valence-electron chi connectivity index (χ2n) is 10.8. The number of anilines is 5. The Labute approximate surface area is 260 Å². The summed E-state index contributed by atoms with van der Waals surface area (Å²) in [6.45, 7) is 9.09. The number of carbonyl (C=O) groups excluding carboxylic acids is 1. The van der Waals surface area contributed by atoms with Crippen molar-refractivity contribution in [3.8, 4) is 5.75 Å². The molecular weight excluding hydrogens is 589 g/mol. The molecule has 232 valence electrons. The molecule has 4 heterocycles. The number of halogens is 2. The van der Waals surface area contributed by atoms with Crippen LogP contribution in [0, 0.1) is 5.82 Å². The average Bonchev–Trinajstić information content (AvgIpc) is 3.74. The van der Waals surface area contributed by atoms with Crippen LogP contribution >= 0.6 is 11.6 Å². The van der Waals surface area contributed by atoms with E-state index in [-0.39, 0.29) is 17.0 Å². The van der Waals surface area contributed by atoms with Crippen LogP contribution in [0.15, 0.2) is 55.4 Å². The third-order valence-corrected chi connectivity index (χ3v) is 8.51. The highest BCUT2D eigenvalue weighted by Crippen LogP contribution is 2.41. The van der Waals surface area contributed by atoms with Gasteiger partial charge >= 0.3 is 0 Å². The lowest BCUT2D eigenvalue weighted by Gasteiger charge is -2.32. The van der Waals surface area contributed by atoms with E-state index in [0.717, 1.165) is 57.1 Å². The lowest BCUT2D eigenvalue weighted by Crippen LogP contribution is -2.44. The van der Waals surface area contributed by atoms with Crippen LogP contribution in [0.25, 0.3) is 0 Å². The Kier molecular flexibility index (Phi) is 9.12. The highest BCUT2D eigenvalue weighted by atomic mass is 35.5. The number of benzene rings is 2. The summed E-state index contributed by atoms with van der Waals surface area (Å²) in [5, 5.41) is 8.01. The van der Waals surface area contributed by atoms with Crippen molar-refractivity contribution in [1.82, 2.24) is 14.9 Å². The number of methoxy groups -OCH3 is 1. The van der Waals surface area contributed by atoms with Crippen molar-refractivity contribution in [3.05, 3.63) is 71.8 Å². The number of amides is 1. The van der Waals surface area contributed by atoms with Gasteiger partial charge in [-0.15, -0.1) is 0 Å². The fourth-order valence-corrected chi connectivity index (χ4v) is 6.09. The number of carbonyl (C=O) groups is 1.